The topological polar surface area (TPSA) is 29.5 Å². The van der Waals surface area contributed by atoms with Crippen LogP contribution >= 0.6 is 0 Å². The predicted octanol–water partition coefficient (Wildman–Crippen LogP) is 4.22. The summed E-state index contributed by atoms with van der Waals surface area (Å²) in [6, 6.07) is 19.6. The highest BCUT2D eigenvalue weighted by atomic mass is 16.5. The molecule has 0 bridgehead atoms. The second-order valence-corrected chi connectivity index (χ2v) is 4.41. The molecule has 0 aromatic heterocycles. The van der Waals surface area contributed by atoms with Crippen LogP contribution in [0.3, 0.4) is 0 Å². The van der Waals surface area contributed by atoms with Crippen molar-refractivity contribution in [3.8, 4) is 22.6 Å². The molecule has 1 N–H and O–H groups in total. The molecule has 0 aliphatic heterocycles. The summed E-state index contributed by atoms with van der Waals surface area (Å²) in [6.07, 6.45) is 0. The van der Waals surface area contributed by atoms with Crippen LogP contribution in [0, 0.1) is 0 Å². The van der Waals surface area contributed by atoms with Gasteiger partial charge in [0.1, 0.15) is 11.5 Å². The fraction of sp³-hybridized carbons (Fsp3) is 0.0588. The van der Waals surface area contributed by atoms with Crippen molar-refractivity contribution in [2.24, 2.45) is 0 Å². The van der Waals surface area contributed by atoms with Gasteiger partial charge in [-0.3, -0.25) is 0 Å². The molecule has 2 heteroatoms. The second-order valence-electron chi connectivity index (χ2n) is 4.41. The third kappa shape index (κ3) is 2.02. The van der Waals surface area contributed by atoms with Crippen molar-refractivity contribution in [2.75, 3.05) is 7.11 Å². The van der Waals surface area contributed by atoms with E-state index < -0.39 is 0 Å². The molecular weight excluding hydrogens is 236 g/mol. The van der Waals surface area contributed by atoms with Gasteiger partial charge in [0, 0.05) is 10.8 Å². The fourth-order valence-electron chi connectivity index (χ4n) is 2.29. The van der Waals surface area contributed by atoms with Crippen molar-refractivity contribution in [3.63, 3.8) is 0 Å². The summed E-state index contributed by atoms with van der Waals surface area (Å²) < 4.78 is 5.36. The molecule has 0 radical (unpaired) electrons. The zero-order valence-electron chi connectivity index (χ0n) is 10.6. The molecule has 0 unspecified atom stereocenters. The minimum absolute atomic E-state index is 0.274. The Morgan fingerprint density at radius 1 is 0.789 bits per heavy atom. The molecule has 2 nitrogen and oxygen atoms in total. The molecule has 0 atom stereocenters. The summed E-state index contributed by atoms with van der Waals surface area (Å²) >= 11 is 0. The number of phenolic OH excluding ortho intramolecular Hbond substituents is 1. The van der Waals surface area contributed by atoms with Gasteiger partial charge in [0.15, 0.2) is 0 Å². The number of rotatable bonds is 2. The molecule has 3 aromatic carbocycles. The maximum atomic E-state index is 9.90. The van der Waals surface area contributed by atoms with E-state index in [-0.39, 0.29) is 5.75 Å². The van der Waals surface area contributed by atoms with Crippen molar-refractivity contribution >= 4 is 10.8 Å². The minimum Gasteiger partial charge on any atom is -0.507 e. The summed E-state index contributed by atoms with van der Waals surface area (Å²) in [4.78, 5) is 0. The first-order chi connectivity index (χ1) is 9.29. The molecular formula is C17H14O2. The quantitative estimate of drug-likeness (QED) is 0.737. The van der Waals surface area contributed by atoms with E-state index in [1.807, 2.05) is 36.4 Å². The van der Waals surface area contributed by atoms with Gasteiger partial charge < -0.3 is 9.84 Å². The average Bonchev–Trinajstić information content (AvgIpc) is 2.48. The van der Waals surface area contributed by atoms with Gasteiger partial charge in [0.05, 0.1) is 7.11 Å². The molecule has 3 rings (SSSR count). The first-order valence-electron chi connectivity index (χ1n) is 6.15. The highest BCUT2D eigenvalue weighted by Gasteiger charge is 2.07. The molecule has 0 spiro atoms. The van der Waals surface area contributed by atoms with Crippen molar-refractivity contribution in [1.82, 2.24) is 0 Å². The zero-order chi connectivity index (χ0) is 13.2. The summed E-state index contributed by atoms with van der Waals surface area (Å²) in [6.45, 7) is 0. The van der Waals surface area contributed by atoms with Gasteiger partial charge >= 0.3 is 0 Å². The molecule has 0 saturated carbocycles. The largest absolute Gasteiger partial charge is 0.507 e. The smallest absolute Gasteiger partial charge is 0.126 e. The summed E-state index contributed by atoms with van der Waals surface area (Å²) in [5.74, 6) is 1.04. The lowest BCUT2D eigenvalue weighted by molar-refractivity contribution is 0.418. The van der Waals surface area contributed by atoms with Gasteiger partial charge in [0.2, 0.25) is 0 Å². The number of phenols is 1. The highest BCUT2D eigenvalue weighted by molar-refractivity contribution is 5.96. The number of hydrogen-bond donors (Lipinski definition) is 1. The van der Waals surface area contributed by atoms with Crippen molar-refractivity contribution in [1.29, 1.82) is 0 Å². The van der Waals surface area contributed by atoms with Crippen LogP contribution in [0.15, 0.2) is 60.7 Å². The Kier molecular flexibility index (Phi) is 2.84. The first kappa shape index (κ1) is 11.6. The van der Waals surface area contributed by atoms with Crippen LogP contribution in [0.2, 0.25) is 0 Å². The van der Waals surface area contributed by atoms with Crippen LogP contribution in [0.4, 0.5) is 0 Å². The van der Waals surface area contributed by atoms with Crippen LogP contribution in [0.1, 0.15) is 0 Å². The lowest BCUT2D eigenvalue weighted by Gasteiger charge is -2.09. The zero-order valence-corrected chi connectivity index (χ0v) is 10.6. The molecule has 0 heterocycles. The van der Waals surface area contributed by atoms with E-state index in [4.69, 9.17) is 4.74 Å². The van der Waals surface area contributed by atoms with E-state index in [2.05, 4.69) is 12.1 Å². The van der Waals surface area contributed by atoms with E-state index in [1.165, 1.54) is 0 Å². The van der Waals surface area contributed by atoms with E-state index in [9.17, 15) is 5.11 Å². The standard InChI is InChI=1S/C17H14O2/c1-19-17-10-9-16(18)14-8-7-13(11-15(14)17)12-5-3-2-4-6-12/h2-11,18H,1H3. The fourth-order valence-corrected chi connectivity index (χ4v) is 2.29. The number of ether oxygens (including phenoxy) is 1. The van der Waals surface area contributed by atoms with E-state index in [1.54, 1.807) is 19.2 Å². The Balaban J connectivity index is 2.26. The molecule has 0 fully saturated rings. The Morgan fingerprint density at radius 3 is 2.32 bits per heavy atom. The van der Waals surface area contributed by atoms with Crippen LogP contribution in [0.25, 0.3) is 21.9 Å². The highest BCUT2D eigenvalue weighted by Crippen LogP contribution is 2.35. The Hall–Kier alpha value is -2.48. The van der Waals surface area contributed by atoms with Gasteiger partial charge in [-0.05, 0) is 35.4 Å². The van der Waals surface area contributed by atoms with Crippen LogP contribution < -0.4 is 4.74 Å². The number of hydrogen-bond acceptors (Lipinski definition) is 2. The van der Waals surface area contributed by atoms with Crippen molar-refractivity contribution in [3.05, 3.63) is 60.7 Å². The summed E-state index contributed by atoms with van der Waals surface area (Å²) in [5, 5.41) is 11.6. The number of fused-ring (bicyclic) bond motifs is 1. The normalized spacial score (nSPS) is 10.6. The van der Waals surface area contributed by atoms with Crippen molar-refractivity contribution in [2.45, 2.75) is 0 Å². The van der Waals surface area contributed by atoms with Gasteiger partial charge in [-0.15, -0.1) is 0 Å². The van der Waals surface area contributed by atoms with Gasteiger partial charge in [-0.25, -0.2) is 0 Å². The van der Waals surface area contributed by atoms with Gasteiger partial charge in [-0.2, -0.15) is 0 Å². The third-order valence-electron chi connectivity index (χ3n) is 3.28. The molecule has 19 heavy (non-hydrogen) atoms. The number of benzene rings is 3. The number of methoxy groups -OCH3 is 1. The van der Waals surface area contributed by atoms with Crippen LogP contribution in [-0.4, -0.2) is 12.2 Å². The SMILES string of the molecule is COc1ccc(O)c2ccc(-c3ccccc3)cc12. The van der Waals surface area contributed by atoms with Crippen LogP contribution in [-0.2, 0) is 0 Å². The van der Waals surface area contributed by atoms with Crippen molar-refractivity contribution < 1.29 is 9.84 Å². The number of aromatic hydroxyl groups is 1. The van der Waals surface area contributed by atoms with E-state index in [0.717, 1.165) is 27.6 Å². The minimum atomic E-state index is 0.274. The lowest BCUT2D eigenvalue weighted by Crippen LogP contribution is -1.86. The predicted molar refractivity (Wildman–Crippen MR) is 77.6 cm³/mol. The Morgan fingerprint density at radius 2 is 1.58 bits per heavy atom. The molecule has 0 saturated heterocycles. The van der Waals surface area contributed by atoms with E-state index >= 15 is 0 Å². The monoisotopic (exact) mass is 250 g/mol. The second kappa shape index (κ2) is 4.65. The first-order valence-corrected chi connectivity index (χ1v) is 6.15. The Bertz CT molecular complexity index is 718. The maximum absolute atomic E-state index is 9.90. The lowest BCUT2D eigenvalue weighted by atomic mass is 10.0. The van der Waals surface area contributed by atoms with E-state index in [0.29, 0.717) is 0 Å². The molecule has 94 valence electrons. The van der Waals surface area contributed by atoms with Gasteiger partial charge in [-0.1, -0.05) is 36.4 Å². The molecule has 0 aliphatic carbocycles. The molecule has 3 aromatic rings. The molecule has 0 amide bonds. The molecule has 0 aliphatic rings. The summed E-state index contributed by atoms with van der Waals surface area (Å²) in [7, 11) is 1.64. The van der Waals surface area contributed by atoms with Gasteiger partial charge in [0.25, 0.3) is 0 Å². The summed E-state index contributed by atoms with van der Waals surface area (Å²) in [5.41, 5.74) is 2.26. The van der Waals surface area contributed by atoms with Crippen LogP contribution in [0.5, 0.6) is 11.5 Å². The maximum Gasteiger partial charge on any atom is 0.126 e. The Labute approximate surface area is 111 Å². The average molecular weight is 250 g/mol. The third-order valence-corrected chi connectivity index (χ3v) is 3.28.